The van der Waals surface area contributed by atoms with Crippen LogP contribution in [0.25, 0.3) is 10.9 Å². The van der Waals surface area contributed by atoms with E-state index in [4.69, 9.17) is 0 Å². The van der Waals surface area contributed by atoms with Crippen molar-refractivity contribution in [2.24, 2.45) is 0 Å². The highest BCUT2D eigenvalue weighted by Crippen LogP contribution is 2.31. The Kier molecular flexibility index (Phi) is 3.99. The summed E-state index contributed by atoms with van der Waals surface area (Å²) in [5, 5.41) is 5.88. The molecule has 4 heteroatoms. The van der Waals surface area contributed by atoms with Gasteiger partial charge in [0.05, 0.1) is 22.3 Å². The SMILES string of the molecule is CCNC(c1ccc2ncccc2c1)c1sc(C)nc1C. The molecule has 3 aromatic rings. The van der Waals surface area contributed by atoms with Crippen LogP contribution in [0, 0.1) is 13.8 Å². The van der Waals surface area contributed by atoms with Gasteiger partial charge in [0.25, 0.3) is 0 Å². The molecule has 0 saturated carbocycles. The fourth-order valence-electron chi connectivity index (χ4n) is 2.65. The summed E-state index contributed by atoms with van der Waals surface area (Å²) >= 11 is 1.77. The van der Waals surface area contributed by atoms with Crippen LogP contribution >= 0.6 is 11.3 Å². The minimum atomic E-state index is 0.200. The van der Waals surface area contributed by atoms with Crippen molar-refractivity contribution in [3.05, 3.63) is 57.7 Å². The first kappa shape index (κ1) is 14.2. The van der Waals surface area contributed by atoms with E-state index in [1.165, 1.54) is 15.8 Å². The van der Waals surface area contributed by atoms with Crippen LogP contribution in [0.2, 0.25) is 0 Å². The third-order valence-electron chi connectivity index (χ3n) is 3.57. The minimum absolute atomic E-state index is 0.200. The number of aromatic nitrogens is 2. The zero-order valence-electron chi connectivity index (χ0n) is 12.6. The van der Waals surface area contributed by atoms with Gasteiger partial charge in [0.1, 0.15) is 0 Å². The summed E-state index contributed by atoms with van der Waals surface area (Å²) in [6, 6.07) is 10.8. The number of pyridine rings is 1. The molecule has 0 radical (unpaired) electrons. The van der Waals surface area contributed by atoms with Crippen molar-refractivity contribution in [3.8, 4) is 0 Å². The second-order valence-corrected chi connectivity index (χ2v) is 6.36. The summed E-state index contributed by atoms with van der Waals surface area (Å²) in [4.78, 5) is 10.3. The summed E-state index contributed by atoms with van der Waals surface area (Å²) in [5.74, 6) is 0. The Labute approximate surface area is 129 Å². The van der Waals surface area contributed by atoms with Crippen LogP contribution in [0.5, 0.6) is 0 Å². The van der Waals surface area contributed by atoms with Gasteiger partial charge in [0.2, 0.25) is 0 Å². The van der Waals surface area contributed by atoms with Crippen molar-refractivity contribution in [2.75, 3.05) is 6.54 Å². The number of hydrogen-bond donors (Lipinski definition) is 1. The van der Waals surface area contributed by atoms with E-state index >= 15 is 0 Å². The molecule has 0 bridgehead atoms. The molecule has 1 atom stereocenters. The summed E-state index contributed by atoms with van der Waals surface area (Å²) in [5.41, 5.74) is 3.42. The van der Waals surface area contributed by atoms with Crippen LogP contribution in [-0.2, 0) is 0 Å². The van der Waals surface area contributed by atoms with Gasteiger partial charge in [-0.05, 0) is 44.2 Å². The molecule has 2 heterocycles. The van der Waals surface area contributed by atoms with Crippen molar-refractivity contribution in [3.63, 3.8) is 0 Å². The molecule has 3 rings (SSSR count). The first-order chi connectivity index (χ1) is 10.2. The Morgan fingerprint density at radius 3 is 2.81 bits per heavy atom. The number of aryl methyl sites for hydroxylation is 2. The van der Waals surface area contributed by atoms with E-state index in [1.807, 2.05) is 12.3 Å². The highest BCUT2D eigenvalue weighted by molar-refractivity contribution is 7.11. The van der Waals surface area contributed by atoms with E-state index in [2.05, 4.69) is 60.3 Å². The van der Waals surface area contributed by atoms with Gasteiger partial charge in [-0.2, -0.15) is 0 Å². The molecule has 2 aromatic heterocycles. The largest absolute Gasteiger partial charge is 0.306 e. The molecule has 0 amide bonds. The maximum absolute atomic E-state index is 4.57. The van der Waals surface area contributed by atoms with Gasteiger partial charge in [-0.3, -0.25) is 4.98 Å². The van der Waals surface area contributed by atoms with E-state index in [1.54, 1.807) is 11.3 Å². The van der Waals surface area contributed by atoms with Gasteiger partial charge >= 0.3 is 0 Å². The molecule has 1 N–H and O–H groups in total. The van der Waals surface area contributed by atoms with E-state index in [9.17, 15) is 0 Å². The molecule has 1 unspecified atom stereocenters. The van der Waals surface area contributed by atoms with E-state index in [0.29, 0.717) is 0 Å². The Morgan fingerprint density at radius 1 is 1.24 bits per heavy atom. The van der Waals surface area contributed by atoms with Crippen LogP contribution in [0.4, 0.5) is 0 Å². The van der Waals surface area contributed by atoms with Gasteiger partial charge in [-0.25, -0.2) is 4.98 Å². The lowest BCUT2D eigenvalue weighted by Gasteiger charge is -2.18. The third-order valence-corrected chi connectivity index (χ3v) is 4.71. The number of benzene rings is 1. The maximum Gasteiger partial charge on any atom is 0.0900 e. The summed E-state index contributed by atoms with van der Waals surface area (Å²) in [7, 11) is 0. The highest BCUT2D eigenvalue weighted by atomic mass is 32.1. The fourth-order valence-corrected chi connectivity index (χ4v) is 3.69. The Morgan fingerprint density at radius 2 is 2.10 bits per heavy atom. The normalized spacial score (nSPS) is 12.7. The quantitative estimate of drug-likeness (QED) is 0.790. The molecular formula is C17H19N3S. The zero-order chi connectivity index (χ0) is 14.8. The van der Waals surface area contributed by atoms with Crippen molar-refractivity contribution in [2.45, 2.75) is 26.8 Å². The molecule has 1 aromatic carbocycles. The average Bonchev–Trinajstić information content (AvgIpc) is 2.83. The molecule has 0 aliphatic carbocycles. The molecule has 0 saturated heterocycles. The van der Waals surface area contributed by atoms with Crippen molar-refractivity contribution >= 4 is 22.2 Å². The van der Waals surface area contributed by atoms with Crippen molar-refractivity contribution < 1.29 is 0 Å². The first-order valence-corrected chi connectivity index (χ1v) is 8.02. The first-order valence-electron chi connectivity index (χ1n) is 7.21. The van der Waals surface area contributed by atoms with Gasteiger partial charge < -0.3 is 5.32 Å². The van der Waals surface area contributed by atoms with Crippen molar-refractivity contribution in [1.82, 2.24) is 15.3 Å². The zero-order valence-corrected chi connectivity index (χ0v) is 13.4. The van der Waals surface area contributed by atoms with Gasteiger partial charge in [0.15, 0.2) is 0 Å². The monoisotopic (exact) mass is 297 g/mol. The Bertz CT molecular complexity index is 764. The van der Waals surface area contributed by atoms with E-state index in [0.717, 1.165) is 22.8 Å². The maximum atomic E-state index is 4.57. The lowest BCUT2D eigenvalue weighted by molar-refractivity contribution is 0.636. The van der Waals surface area contributed by atoms with Crippen molar-refractivity contribution in [1.29, 1.82) is 0 Å². The smallest absolute Gasteiger partial charge is 0.0900 e. The average molecular weight is 297 g/mol. The predicted molar refractivity (Wildman–Crippen MR) is 88.9 cm³/mol. The standard InChI is InChI=1S/C17H19N3S/c1-4-18-16(17-11(2)20-12(3)21-17)14-7-8-15-13(10-14)6-5-9-19-15/h5-10,16,18H,4H2,1-3H3. The van der Waals surface area contributed by atoms with Crippen LogP contribution in [0.15, 0.2) is 36.5 Å². The molecule has 0 aliphatic rings. The van der Waals surface area contributed by atoms with Gasteiger partial charge in [-0.1, -0.05) is 19.1 Å². The number of rotatable bonds is 4. The lowest BCUT2D eigenvalue weighted by Crippen LogP contribution is -2.21. The third kappa shape index (κ3) is 2.82. The summed E-state index contributed by atoms with van der Waals surface area (Å²) < 4.78 is 0. The molecule has 0 fully saturated rings. The van der Waals surface area contributed by atoms with Gasteiger partial charge in [-0.15, -0.1) is 11.3 Å². The number of nitrogens with one attached hydrogen (secondary N) is 1. The molecule has 21 heavy (non-hydrogen) atoms. The van der Waals surface area contributed by atoms with Crippen LogP contribution < -0.4 is 5.32 Å². The summed E-state index contributed by atoms with van der Waals surface area (Å²) in [6.07, 6.45) is 1.83. The topological polar surface area (TPSA) is 37.8 Å². The highest BCUT2D eigenvalue weighted by Gasteiger charge is 2.19. The summed E-state index contributed by atoms with van der Waals surface area (Å²) in [6.45, 7) is 7.21. The van der Waals surface area contributed by atoms with E-state index < -0.39 is 0 Å². The molecule has 108 valence electrons. The molecule has 3 nitrogen and oxygen atoms in total. The number of nitrogens with zero attached hydrogens (tertiary/aromatic N) is 2. The second kappa shape index (κ2) is 5.92. The molecular weight excluding hydrogens is 278 g/mol. The van der Waals surface area contributed by atoms with Crippen LogP contribution in [-0.4, -0.2) is 16.5 Å². The van der Waals surface area contributed by atoms with Gasteiger partial charge in [0, 0.05) is 16.5 Å². The lowest BCUT2D eigenvalue weighted by atomic mass is 10.0. The molecule has 0 spiro atoms. The number of thiazole rings is 1. The number of hydrogen-bond acceptors (Lipinski definition) is 4. The number of fused-ring (bicyclic) bond motifs is 1. The molecule has 0 aliphatic heterocycles. The minimum Gasteiger partial charge on any atom is -0.306 e. The fraction of sp³-hybridized carbons (Fsp3) is 0.294. The second-order valence-electron chi connectivity index (χ2n) is 5.13. The van der Waals surface area contributed by atoms with E-state index in [-0.39, 0.29) is 6.04 Å². The van der Waals surface area contributed by atoms with Crippen LogP contribution in [0.1, 0.15) is 34.1 Å². The predicted octanol–water partition coefficient (Wildman–Crippen LogP) is 4.01. The van der Waals surface area contributed by atoms with Crippen LogP contribution in [0.3, 0.4) is 0 Å². The Balaban J connectivity index is 2.08. The Hall–Kier alpha value is -1.78.